The summed E-state index contributed by atoms with van der Waals surface area (Å²) in [5, 5.41) is 10.3. The van der Waals surface area contributed by atoms with Crippen LogP contribution in [0.1, 0.15) is 18.3 Å². The summed E-state index contributed by atoms with van der Waals surface area (Å²) in [5.41, 5.74) is 0.938. The third-order valence-electron chi connectivity index (χ3n) is 3.67. The largest absolute Gasteiger partial charge is 0.390 e. The van der Waals surface area contributed by atoms with Gasteiger partial charge in [-0.1, -0.05) is 36.4 Å². The van der Waals surface area contributed by atoms with Gasteiger partial charge in [-0.3, -0.25) is 0 Å². The molecule has 0 aromatic heterocycles. The lowest BCUT2D eigenvalue weighted by atomic mass is 10.0. The topological polar surface area (TPSA) is 57.2 Å². The van der Waals surface area contributed by atoms with Crippen LogP contribution in [0.5, 0.6) is 0 Å². The summed E-state index contributed by atoms with van der Waals surface area (Å²) in [5.74, 6) is 0. The first-order valence-electron chi connectivity index (χ1n) is 7.16. The first kappa shape index (κ1) is 14.7. The molecule has 2 aliphatic heterocycles. The summed E-state index contributed by atoms with van der Waals surface area (Å²) < 4.78 is 22.8. The fourth-order valence-electron chi connectivity index (χ4n) is 2.65. The molecule has 0 aliphatic carbocycles. The van der Waals surface area contributed by atoms with E-state index in [9.17, 15) is 5.11 Å². The average molecular weight is 292 g/mol. The molecule has 2 saturated heterocycles. The molecular weight excluding hydrogens is 272 g/mol. The molecule has 3 rings (SSSR count). The number of aliphatic hydroxyl groups is 1. The Hall–Kier alpha value is -1.24. The Labute approximate surface area is 124 Å². The lowest BCUT2D eigenvalue weighted by molar-refractivity contribution is -0.336. The second kappa shape index (κ2) is 6.68. The van der Waals surface area contributed by atoms with Crippen molar-refractivity contribution in [1.29, 1.82) is 0 Å². The number of hydrogen-bond donors (Lipinski definition) is 1. The quantitative estimate of drug-likeness (QED) is 0.857. The molecule has 2 heterocycles. The van der Waals surface area contributed by atoms with Gasteiger partial charge in [-0.2, -0.15) is 0 Å². The Balaban J connectivity index is 1.63. The summed E-state index contributed by atoms with van der Waals surface area (Å²) in [6.07, 6.45) is -0.210. The molecule has 1 aromatic carbocycles. The molecule has 1 N–H and O–H groups in total. The van der Waals surface area contributed by atoms with Gasteiger partial charge in [-0.15, -0.1) is 6.58 Å². The Bertz CT molecular complexity index is 463. The SMILES string of the molecule is C=CCO[C@@H]1C[C@@H](O)[C@@H]2OC(c3ccccc3)OC[C@H]2O1. The summed E-state index contributed by atoms with van der Waals surface area (Å²) in [7, 11) is 0. The van der Waals surface area contributed by atoms with Crippen LogP contribution in [0.15, 0.2) is 43.0 Å². The zero-order valence-corrected chi connectivity index (χ0v) is 11.8. The highest BCUT2D eigenvalue weighted by Gasteiger charge is 2.44. The van der Waals surface area contributed by atoms with Crippen LogP contribution >= 0.6 is 0 Å². The minimum atomic E-state index is -0.631. The molecule has 1 unspecified atom stereocenters. The van der Waals surface area contributed by atoms with Crippen LogP contribution in [-0.2, 0) is 18.9 Å². The van der Waals surface area contributed by atoms with Gasteiger partial charge in [0.1, 0.15) is 12.2 Å². The van der Waals surface area contributed by atoms with Crippen molar-refractivity contribution in [3.63, 3.8) is 0 Å². The fraction of sp³-hybridized carbons (Fsp3) is 0.500. The van der Waals surface area contributed by atoms with E-state index in [4.69, 9.17) is 18.9 Å². The number of hydrogen-bond acceptors (Lipinski definition) is 5. The van der Waals surface area contributed by atoms with Crippen LogP contribution in [-0.4, -0.2) is 42.9 Å². The van der Waals surface area contributed by atoms with Gasteiger partial charge < -0.3 is 24.1 Å². The van der Waals surface area contributed by atoms with Crippen LogP contribution in [0, 0.1) is 0 Å². The second-order valence-corrected chi connectivity index (χ2v) is 5.21. The molecule has 5 atom stereocenters. The molecule has 0 bridgehead atoms. The van der Waals surface area contributed by atoms with Crippen molar-refractivity contribution in [2.75, 3.05) is 13.2 Å². The van der Waals surface area contributed by atoms with Crippen LogP contribution < -0.4 is 0 Å². The van der Waals surface area contributed by atoms with Crippen molar-refractivity contribution in [3.05, 3.63) is 48.6 Å². The van der Waals surface area contributed by atoms with E-state index in [1.165, 1.54) is 0 Å². The Kier molecular flexibility index (Phi) is 4.67. The third kappa shape index (κ3) is 3.33. The zero-order chi connectivity index (χ0) is 14.7. The molecule has 5 nitrogen and oxygen atoms in total. The Morgan fingerprint density at radius 3 is 2.86 bits per heavy atom. The summed E-state index contributed by atoms with van der Waals surface area (Å²) >= 11 is 0. The molecule has 0 amide bonds. The second-order valence-electron chi connectivity index (χ2n) is 5.21. The lowest BCUT2D eigenvalue weighted by Crippen LogP contribution is -2.55. The average Bonchev–Trinajstić information content (AvgIpc) is 2.53. The fourth-order valence-corrected chi connectivity index (χ4v) is 2.65. The van der Waals surface area contributed by atoms with E-state index >= 15 is 0 Å². The van der Waals surface area contributed by atoms with Gasteiger partial charge in [-0.25, -0.2) is 0 Å². The highest BCUT2D eigenvalue weighted by molar-refractivity contribution is 5.16. The highest BCUT2D eigenvalue weighted by atomic mass is 16.7. The molecule has 21 heavy (non-hydrogen) atoms. The van der Waals surface area contributed by atoms with Crippen molar-refractivity contribution in [2.24, 2.45) is 0 Å². The van der Waals surface area contributed by atoms with E-state index in [-0.39, 0.29) is 6.10 Å². The number of fused-ring (bicyclic) bond motifs is 1. The molecule has 0 radical (unpaired) electrons. The van der Waals surface area contributed by atoms with Crippen LogP contribution in [0.25, 0.3) is 0 Å². The van der Waals surface area contributed by atoms with Crippen molar-refractivity contribution in [2.45, 2.75) is 37.3 Å². The van der Waals surface area contributed by atoms with Crippen LogP contribution in [0.4, 0.5) is 0 Å². The molecule has 0 spiro atoms. The third-order valence-corrected chi connectivity index (χ3v) is 3.67. The lowest BCUT2D eigenvalue weighted by Gasteiger charge is -2.44. The van der Waals surface area contributed by atoms with Gasteiger partial charge in [0.05, 0.1) is 19.3 Å². The van der Waals surface area contributed by atoms with E-state index in [0.717, 1.165) is 5.56 Å². The van der Waals surface area contributed by atoms with Crippen molar-refractivity contribution in [3.8, 4) is 0 Å². The first-order valence-corrected chi connectivity index (χ1v) is 7.16. The van der Waals surface area contributed by atoms with Crippen molar-refractivity contribution >= 4 is 0 Å². The Morgan fingerprint density at radius 1 is 1.29 bits per heavy atom. The van der Waals surface area contributed by atoms with E-state index in [0.29, 0.717) is 19.6 Å². The number of rotatable bonds is 4. The zero-order valence-electron chi connectivity index (χ0n) is 11.8. The first-order chi connectivity index (χ1) is 10.3. The predicted molar refractivity (Wildman–Crippen MR) is 75.4 cm³/mol. The number of ether oxygens (including phenoxy) is 4. The van der Waals surface area contributed by atoms with Crippen molar-refractivity contribution < 1.29 is 24.1 Å². The van der Waals surface area contributed by atoms with Crippen molar-refractivity contribution in [1.82, 2.24) is 0 Å². The van der Waals surface area contributed by atoms with Gasteiger partial charge in [0.2, 0.25) is 0 Å². The molecule has 0 saturated carbocycles. The maximum absolute atomic E-state index is 10.3. The Morgan fingerprint density at radius 2 is 2.10 bits per heavy atom. The van der Waals surface area contributed by atoms with E-state index in [1.807, 2.05) is 30.3 Å². The van der Waals surface area contributed by atoms with Crippen LogP contribution in [0.2, 0.25) is 0 Å². The summed E-state index contributed by atoms with van der Waals surface area (Å²) in [4.78, 5) is 0. The van der Waals surface area contributed by atoms with Crippen LogP contribution in [0.3, 0.4) is 0 Å². The molecule has 5 heteroatoms. The van der Waals surface area contributed by atoms with Gasteiger partial charge in [-0.05, 0) is 0 Å². The maximum Gasteiger partial charge on any atom is 0.184 e. The molecule has 114 valence electrons. The van der Waals surface area contributed by atoms with E-state index in [1.54, 1.807) is 6.08 Å². The van der Waals surface area contributed by atoms with Gasteiger partial charge in [0.25, 0.3) is 0 Å². The maximum atomic E-state index is 10.3. The normalized spacial score (nSPS) is 36.0. The minimum Gasteiger partial charge on any atom is -0.390 e. The molecular formula is C16H20O5. The van der Waals surface area contributed by atoms with E-state index < -0.39 is 24.8 Å². The van der Waals surface area contributed by atoms with Gasteiger partial charge in [0.15, 0.2) is 12.6 Å². The van der Waals surface area contributed by atoms with Gasteiger partial charge in [0, 0.05) is 12.0 Å². The molecule has 2 aliphatic rings. The smallest absolute Gasteiger partial charge is 0.184 e. The van der Waals surface area contributed by atoms with Gasteiger partial charge >= 0.3 is 0 Å². The molecule has 1 aromatic rings. The number of benzene rings is 1. The predicted octanol–water partition coefficient (Wildman–Crippen LogP) is 1.78. The standard InChI is InChI=1S/C16H20O5/c1-2-8-18-14-9-12(17)15-13(20-14)10-19-16(21-15)11-6-4-3-5-7-11/h2-7,12-17H,1,8-10H2/t12-,13-,14+,15+,16?/m1/s1. The highest BCUT2D eigenvalue weighted by Crippen LogP contribution is 2.33. The molecule has 2 fully saturated rings. The monoisotopic (exact) mass is 292 g/mol. The minimum absolute atomic E-state index is 0.316. The summed E-state index contributed by atoms with van der Waals surface area (Å²) in [6, 6.07) is 9.69. The van der Waals surface area contributed by atoms with E-state index in [2.05, 4.69) is 6.58 Å². The number of aliphatic hydroxyl groups excluding tert-OH is 1. The summed E-state index contributed by atoms with van der Waals surface area (Å²) in [6.45, 7) is 4.36.